The van der Waals surface area contributed by atoms with Crippen molar-refractivity contribution in [3.8, 4) is 5.75 Å². The Morgan fingerprint density at radius 3 is 2.37 bits per heavy atom. The number of methoxy groups -OCH3 is 1. The van der Waals surface area contributed by atoms with E-state index in [-0.39, 0.29) is 12.1 Å². The van der Waals surface area contributed by atoms with Crippen LogP contribution >= 0.6 is 12.2 Å². The highest BCUT2D eigenvalue weighted by Gasteiger charge is 2.28. The van der Waals surface area contributed by atoms with E-state index in [1.807, 2.05) is 30.3 Å². The Kier molecular flexibility index (Phi) is 7.04. The summed E-state index contributed by atoms with van der Waals surface area (Å²) in [6, 6.07) is 18.7. The van der Waals surface area contributed by atoms with E-state index < -0.39 is 0 Å². The van der Waals surface area contributed by atoms with Crippen molar-refractivity contribution in [2.45, 2.75) is 19.0 Å². The summed E-state index contributed by atoms with van der Waals surface area (Å²) in [5.41, 5.74) is 2.22. The van der Waals surface area contributed by atoms with Gasteiger partial charge in [-0.05, 0) is 49.0 Å². The summed E-state index contributed by atoms with van der Waals surface area (Å²) in [6.45, 7) is 5.55. The molecule has 2 aromatic carbocycles. The fourth-order valence-electron chi connectivity index (χ4n) is 3.45. The molecule has 5 nitrogen and oxygen atoms in total. The molecule has 1 aliphatic heterocycles. The van der Waals surface area contributed by atoms with E-state index in [1.54, 1.807) is 7.11 Å². The second-order valence-corrected chi connectivity index (χ2v) is 7.03. The van der Waals surface area contributed by atoms with E-state index in [4.69, 9.17) is 21.7 Å². The van der Waals surface area contributed by atoms with E-state index in [0.717, 1.165) is 37.7 Å². The summed E-state index contributed by atoms with van der Waals surface area (Å²) in [7, 11) is 1.66. The molecule has 1 heterocycles. The third-order valence-electron chi connectivity index (χ3n) is 4.76. The topological polar surface area (TPSA) is 45.8 Å². The van der Waals surface area contributed by atoms with Crippen LogP contribution in [0.3, 0.4) is 0 Å². The molecule has 2 aromatic rings. The van der Waals surface area contributed by atoms with Crippen LogP contribution in [0.25, 0.3) is 0 Å². The average Bonchev–Trinajstić information content (AvgIpc) is 2.70. The Morgan fingerprint density at radius 2 is 1.74 bits per heavy atom. The highest BCUT2D eigenvalue weighted by Crippen LogP contribution is 2.25. The van der Waals surface area contributed by atoms with Crippen molar-refractivity contribution in [1.29, 1.82) is 0 Å². The molecule has 0 unspecified atom stereocenters. The summed E-state index contributed by atoms with van der Waals surface area (Å²) < 4.78 is 10.7. The lowest BCUT2D eigenvalue weighted by atomic mass is 9.98. The number of nitrogens with zero attached hydrogens (tertiary/aromatic N) is 1. The van der Waals surface area contributed by atoms with Gasteiger partial charge in [-0.25, -0.2) is 0 Å². The first-order valence-corrected chi connectivity index (χ1v) is 9.66. The van der Waals surface area contributed by atoms with E-state index in [9.17, 15) is 0 Å². The number of hydrogen-bond acceptors (Lipinski definition) is 4. The molecule has 3 rings (SSSR count). The van der Waals surface area contributed by atoms with Crippen LogP contribution in [0.5, 0.6) is 5.75 Å². The maximum Gasteiger partial charge on any atom is 0.171 e. The van der Waals surface area contributed by atoms with Gasteiger partial charge in [-0.15, -0.1) is 0 Å². The molecule has 0 amide bonds. The number of ether oxygens (including phenoxy) is 2. The average molecular weight is 386 g/mol. The Hall–Kier alpha value is -2.15. The Bertz CT molecular complexity index is 718. The molecule has 0 radical (unpaired) electrons. The van der Waals surface area contributed by atoms with Gasteiger partial charge in [0.1, 0.15) is 5.75 Å². The lowest BCUT2D eigenvalue weighted by Gasteiger charge is -2.38. The molecule has 1 saturated heterocycles. The fourth-order valence-corrected chi connectivity index (χ4v) is 3.75. The maximum absolute atomic E-state index is 5.55. The smallest absolute Gasteiger partial charge is 0.171 e. The van der Waals surface area contributed by atoms with E-state index in [1.165, 1.54) is 5.56 Å². The van der Waals surface area contributed by atoms with Gasteiger partial charge in [0.15, 0.2) is 5.11 Å². The summed E-state index contributed by atoms with van der Waals surface area (Å²) in [5, 5.41) is 7.33. The fraction of sp³-hybridized carbons (Fsp3) is 0.381. The van der Waals surface area contributed by atoms with Crippen molar-refractivity contribution in [3.05, 3.63) is 60.2 Å². The third kappa shape index (κ3) is 5.42. The van der Waals surface area contributed by atoms with E-state index in [0.29, 0.717) is 5.11 Å². The molecule has 0 bridgehead atoms. The van der Waals surface area contributed by atoms with Gasteiger partial charge in [0.05, 0.1) is 26.4 Å². The molecule has 27 heavy (non-hydrogen) atoms. The summed E-state index contributed by atoms with van der Waals surface area (Å²) in [4.78, 5) is 2.46. The van der Waals surface area contributed by atoms with Crippen LogP contribution in [0.2, 0.25) is 0 Å². The lowest BCUT2D eigenvalue weighted by molar-refractivity contribution is 0.0102. The Labute approximate surface area is 166 Å². The predicted octanol–water partition coefficient (Wildman–Crippen LogP) is 3.44. The van der Waals surface area contributed by atoms with Gasteiger partial charge in [-0.2, -0.15) is 0 Å². The second kappa shape index (κ2) is 9.69. The summed E-state index contributed by atoms with van der Waals surface area (Å²) >= 11 is 5.55. The highest BCUT2D eigenvalue weighted by molar-refractivity contribution is 7.80. The SMILES string of the molecule is COc1ccc(NC(=S)N[C@@H](C)[C@@H](c2ccccc2)N2CCOCC2)cc1. The molecule has 0 saturated carbocycles. The van der Waals surface area contributed by atoms with Gasteiger partial charge in [-0.1, -0.05) is 30.3 Å². The van der Waals surface area contributed by atoms with Crippen molar-refractivity contribution in [2.75, 3.05) is 38.7 Å². The zero-order valence-electron chi connectivity index (χ0n) is 15.9. The molecular weight excluding hydrogens is 358 g/mol. The molecule has 2 N–H and O–H groups in total. The quantitative estimate of drug-likeness (QED) is 0.743. The van der Waals surface area contributed by atoms with Crippen molar-refractivity contribution in [1.82, 2.24) is 10.2 Å². The first-order chi connectivity index (χ1) is 13.2. The van der Waals surface area contributed by atoms with Gasteiger partial charge >= 0.3 is 0 Å². The zero-order valence-corrected chi connectivity index (χ0v) is 16.7. The summed E-state index contributed by atoms with van der Waals surface area (Å²) in [6.07, 6.45) is 0. The van der Waals surface area contributed by atoms with Crippen LogP contribution in [0.15, 0.2) is 54.6 Å². The third-order valence-corrected chi connectivity index (χ3v) is 4.98. The number of thiocarbonyl (C=S) groups is 1. The highest BCUT2D eigenvalue weighted by atomic mass is 32.1. The normalized spacial score (nSPS) is 17.0. The van der Waals surface area contributed by atoms with Gasteiger partial charge in [0, 0.05) is 24.8 Å². The van der Waals surface area contributed by atoms with Crippen molar-refractivity contribution in [3.63, 3.8) is 0 Å². The number of hydrogen-bond donors (Lipinski definition) is 2. The molecule has 144 valence electrons. The van der Waals surface area contributed by atoms with Gasteiger partial charge in [0.25, 0.3) is 0 Å². The van der Waals surface area contributed by atoms with E-state index in [2.05, 4.69) is 46.7 Å². The van der Waals surface area contributed by atoms with Crippen LogP contribution < -0.4 is 15.4 Å². The predicted molar refractivity (Wildman–Crippen MR) is 113 cm³/mol. The first kappa shape index (κ1) is 19.6. The number of anilines is 1. The van der Waals surface area contributed by atoms with Gasteiger partial charge in [-0.3, -0.25) is 4.90 Å². The lowest BCUT2D eigenvalue weighted by Crippen LogP contribution is -2.49. The van der Waals surface area contributed by atoms with Crippen molar-refractivity contribution >= 4 is 23.0 Å². The monoisotopic (exact) mass is 385 g/mol. The standard InChI is InChI=1S/C21H27N3O2S/c1-16(22-21(27)23-18-8-10-19(25-2)11-9-18)20(17-6-4-3-5-7-17)24-12-14-26-15-13-24/h3-11,16,20H,12-15H2,1-2H3,(H2,22,23,27)/t16-,20-/m0/s1. The largest absolute Gasteiger partial charge is 0.497 e. The molecule has 0 spiro atoms. The Balaban J connectivity index is 1.67. The molecule has 2 atom stereocenters. The van der Waals surface area contributed by atoms with Crippen LogP contribution in [0.1, 0.15) is 18.5 Å². The van der Waals surface area contributed by atoms with Gasteiger partial charge in [0.2, 0.25) is 0 Å². The minimum atomic E-state index is 0.142. The number of rotatable bonds is 6. The number of nitrogens with one attached hydrogen (secondary N) is 2. The van der Waals surface area contributed by atoms with Crippen LogP contribution in [-0.4, -0.2) is 49.5 Å². The molecular formula is C21H27N3O2S. The second-order valence-electron chi connectivity index (χ2n) is 6.62. The molecule has 6 heteroatoms. The van der Waals surface area contributed by atoms with Crippen LogP contribution in [0.4, 0.5) is 5.69 Å². The Morgan fingerprint density at radius 1 is 1.07 bits per heavy atom. The minimum absolute atomic E-state index is 0.142. The minimum Gasteiger partial charge on any atom is -0.497 e. The molecule has 1 fully saturated rings. The molecule has 1 aliphatic rings. The maximum atomic E-state index is 5.55. The van der Waals surface area contributed by atoms with Crippen molar-refractivity contribution < 1.29 is 9.47 Å². The van der Waals surface area contributed by atoms with Crippen molar-refractivity contribution in [2.24, 2.45) is 0 Å². The number of benzene rings is 2. The van der Waals surface area contributed by atoms with Gasteiger partial charge < -0.3 is 20.1 Å². The van der Waals surface area contributed by atoms with E-state index >= 15 is 0 Å². The molecule has 0 aromatic heterocycles. The number of morpholine rings is 1. The summed E-state index contributed by atoms with van der Waals surface area (Å²) in [5.74, 6) is 0.823. The first-order valence-electron chi connectivity index (χ1n) is 9.25. The van der Waals surface area contributed by atoms with Crippen LogP contribution in [-0.2, 0) is 4.74 Å². The molecule has 0 aliphatic carbocycles. The van der Waals surface area contributed by atoms with Crippen LogP contribution in [0, 0.1) is 0 Å². The zero-order chi connectivity index (χ0) is 19.1.